The fourth-order valence-corrected chi connectivity index (χ4v) is 2.09. The third-order valence-electron chi connectivity index (χ3n) is 2.67. The zero-order valence-electron chi connectivity index (χ0n) is 9.91. The van der Waals surface area contributed by atoms with Crippen molar-refractivity contribution in [3.63, 3.8) is 0 Å². The van der Waals surface area contributed by atoms with Gasteiger partial charge in [0.1, 0.15) is 0 Å². The minimum absolute atomic E-state index is 0.307. The predicted octanol–water partition coefficient (Wildman–Crippen LogP) is 3.49. The molecule has 0 saturated carbocycles. The van der Waals surface area contributed by atoms with Crippen molar-refractivity contribution in [3.8, 4) is 0 Å². The Morgan fingerprint density at radius 2 is 2.06 bits per heavy atom. The molecule has 5 heteroatoms. The predicted molar refractivity (Wildman–Crippen MR) is 78.8 cm³/mol. The van der Waals surface area contributed by atoms with Crippen LogP contribution < -0.4 is 5.73 Å². The van der Waals surface area contributed by atoms with Gasteiger partial charge in [0.05, 0.1) is 15.0 Å². The molecule has 0 saturated heterocycles. The van der Waals surface area contributed by atoms with Gasteiger partial charge in [0.15, 0.2) is 0 Å². The maximum Gasteiger partial charge on any atom is 0.0742 e. The van der Waals surface area contributed by atoms with Gasteiger partial charge in [-0.25, -0.2) is 0 Å². The summed E-state index contributed by atoms with van der Waals surface area (Å²) >= 11 is 16.7. The Balaban J connectivity index is 2.64. The maximum absolute atomic E-state index is 5.97. The van der Waals surface area contributed by atoms with Gasteiger partial charge in [0.25, 0.3) is 0 Å². The van der Waals surface area contributed by atoms with E-state index >= 15 is 0 Å². The second kappa shape index (κ2) is 6.55. The van der Waals surface area contributed by atoms with E-state index in [1.165, 1.54) is 0 Å². The Kier molecular flexibility index (Phi) is 5.67. The fraction of sp³-hybridized carbons (Fsp3) is 0.417. The van der Waals surface area contributed by atoms with E-state index in [1.54, 1.807) is 0 Å². The van der Waals surface area contributed by atoms with Crippen LogP contribution in [0.4, 0.5) is 0 Å². The van der Waals surface area contributed by atoms with Gasteiger partial charge >= 0.3 is 0 Å². The van der Waals surface area contributed by atoms with Gasteiger partial charge in [0.2, 0.25) is 0 Å². The Morgan fingerprint density at radius 3 is 2.59 bits per heavy atom. The van der Waals surface area contributed by atoms with Gasteiger partial charge in [-0.2, -0.15) is 0 Å². The fourth-order valence-electron chi connectivity index (χ4n) is 1.53. The summed E-state index contributed by atoms with van der Waals surface area (Å²) in [4.78, 5) is 2.72. The lowest BCUT2D eigenvalue weighted by Crippen LogP contribution is -2.32. The number of hydrogen-bond donors (Lipinski definition) is 1. The summed E-state index contributed by atoms with van der Waals surface area (Å²) in [5.74, 6) is 0. The molecule has 0 aromatic heterocycles. The molecule has 0 aliphatic rings. The van der Waals surface area contributed by atoms with Crippen molar-refractivity contribution in [2.24, 2.45) is 5.73 Å². The monoisotopic (exact) mass is 290 g/mol. The maximum atomic E-state index is 5.97. The van der Waals surface area contributed by atoms with Gasteiger partial charge in [-0.1, -0.05) is 41.5 Å². The van der Waals surface area contributed by atoms with Gasteiger partial charge in [0, 0.05) is 19.0 Å². The van der Waals surface area contributed by atoms with E-state index in [9.17, 15) is 0 Å². The van der Waals surface area contributed by atoms with Gasteiger partial charge in [-0.15, -0.1) is 0 Å². The first kappa shape index (κ1) is 14.7. The summed E-state index contributed by atoms with van der Waals surface area (Å²) in [7, 11) is 2.03. The van der Waals surface area contributed by atoms with Crippen LogP contribution >= 0.6 is 35.4 Å². The molecular formula is C12H16Cl2N2S. The van der Waals surface area contributed by atoms with Crippen LogP contribution in [-0.4, -0.2) is 23.0 Å². The lowest BCUT2D eigenvalue weighted by molar-refractivity contribution is 0.255. The molecule has 0 radical (unpaired) electrons. The minimum Gasteiger partial charge on any atom is -0.393 e. The quantitative estimate of drug-likeness (QED) is 0.842. The van der Waals surface area contributed by atoms with Crippen molar-refractivity contribution in [1.82, 2.24) is 4.90 Å². The van der Waals surface area contributed by atoms with Crippen LogP contribution in [0, 0.1) is 0 Å². The molecule has 2 N–H and O–H groups in total. The normalized spacial score (nSPS) is 12.8. The third-order valence-corrected chi connectivity index (χ3v) is 3.57. The SMILES string of the molecule is CC(CC(N)=S)N(C)Cc1ccc(Cl)c(Cl)c1. The van der Waals surface area contributed by atoms with Crippen LogP contribution in [0.2, 0.25) is 10.0 Å². The minimum atomic E-state index is 0.307. The highest BCUT2D eigenvalue weighted by Gasteiger charge is 2.11. The van der Waals surface area contributed by atoms with Crippen LogP contribution in [-0.2, 0) is 6.54 Å². The Labute approximate surface area is 118 Å². The molecule has 1 unspecified atom stereocenters. The van der Waals surface area contributed by atoms with Crippen LogP contribution in [0.1, 0.15) is 18.9 Å². The molecule has 0 heterocycles. The highest BCUT2D eigenvalue weighted by molar-refractivity contribution is 7.80. The van der Waals surface area contributed by atoms with Crippen molar-refractivity contribution in [3.05, 3.63) is 33.8 Å². The standard InChI is InChI=1S/C12H16Cl2N2S/c1-8(5-12(15)17)16(2)7-9-3-4-10(13)11(14)6-9/h3-4,6,8H,5,7H2,1-2H3,(H2,15,17). The summed E-state index contributed by atoms with van der Waals surface area (Å²) < 4.78 is 0. The van der Waals surface area contributed by atoms with Crippen LogP contribution in [0.3, 0.4) is 0 Å². The average molecular weight is 291 g/mol. The van der Waals surface area contributed by atoms with E-state index in [4.69, 9.17) is 41.2 Å². The molecule has 17 heavy (non-hydrogen) atoms. The number of nitrogens with two attached hydrogens (primary N) is 1. The summed E-state index contributed by atoms with van der Waals surface area (Å²) in [5, 5.41) is 1.16. The molecule has 1 aromatic carbocycles. The molecule has 1 rings (SSSR count). The van der Waals surface area contributed by atoms with E-state index in [0.29, 0.717) is 27.5 Å². The number of hydrogen-bond acceptors (Lipinski definition) is 2. The number of halogens is 2. The Hall–Kier alpha value is -0.350. The topological polar surface area (TPSA) is 29.3 Å². The number of rotatable bonds is 5. The number of thiocarbonyl (C=S) groups is 1. The number of nitrogens with zero attached hydrogens (tertiary/aromatic N) is 1. The molecule has 0 amide bonds. The van der Waals surface area contributed by atoms with Crippen LogP contribution in [0.15, 0.2) is 18.2 Å². The molecule has 94 valence electrons. The molecule has 1 aromatic rings. The second-order valence-corrected chi connectivity index (χ2v) is 5.52. The van der Waals surface area contributed by atoms with Gasteiger partial charge in [-0.05, 0) is 31.7 Å². The third kappa shape index (κ3) is 4.80. The lowest BCUT2D eigenvalue weighted by atomic mass is 10.1. The van der Waals surface area contributed by atoms with Crippen molar-refractivity contribution in [2.45, 2.75) is 25.9 Å². The molecule has 0 spiro atoms. The highest BCUT2D eigenvalue weighted by Crippen LogP contribution is 2.23. The molecule has 0 aliphatic heterocycles. The van der Waals surface area contributed by atoms with E-state index in [0.717, 1.165) is 12.1 Å². The first-order valence-corrected chi connectivity index (χ1v) is 6.49. The number of benzene rings is 1. The molecule has 0 bridgehead atoms. The average Bonchev–Trinajstić information content (AvgIpc) is 2.22. The summed E-state index contributed by atoms with van der Waals surface area (Å²) in [5.41, 5.74) is 6.66. The molecular weight excluding hydrogens is 275 g/mol. The highest BCUT2D eigenvalue weighted by atomic mass is 35.5. The van der Waals surface area contributed by atoms with Crippen molar-refractivity contribution < 1.29 is 0 Å². The Bertz CT molecular complexity index is 409. The second-order valence-electron chi connectivity index (χ2n) is 4.18. The van der Waals surface area contributed by atoms with Crippen LogP contribution in [0.25, 0.3) is 0 Å². The van der Waals surface area contributed by atoms with Crippen molar-refractivity contribution >= 4 is 40.4 Å². The summed E-state index contributed by atoms with van der Waals surface area (Å²) in [6.07, 6.45) is 0.715. The van der Waals surface area contributed by atoms with Crippen molar-refractivity contribution in [1.29, 1.82) is 0 Å². The molecule has 0 aliphatic carbocycles. The lowest BCUT2D eigenvalue weighted by Gasteiger charge is -2.24. The molecule has 2 nitrogen and oxygen atoms in total. The van der Waals surface area contributed by atoms with Gasteiger partial charge < -0.3 is 5.73 Å². The first-order valence-electron chi connectivity index (χ1n) is 5.32. The summed E-state index contributed by atoms with van der Waals surface area (Å²) in [6, 6.07) is 5.97. The summed E-state index contributed by atoms with van der Waals surface area (Å²) in [6.45, 7) is 2.89. The van der Waals surface area contributed by atoms with Gasteiger partial charge in [-0.3, -0.25) is 4.90 Å². The van der Waals surface area contributed by atoms with Crippen molar-refractivity contribution in [2.75, 3.05) is 7.05 Å². The smallest absolute Gasteiger partial charge is 0.0742 e. The molecule has 0 fully saturated rings. The van der Waals surface area contributed by atoms with Crippen LogP contribution in [0.5, 0.6) is 0 Å². The first-order chi connectivity index (χ1) is 7.90. The largest absolute Gasteiger partial charge is 0.393 e. The van der Waals surface area contributed by atoms with E-state index < -0.39 is 0 Å². The molecule has 1 atom stereocenters. The van der Waals surface area contributed by atoms with E-state index in [2.05, 4.69) is 11.8 Å². The zero-order valence-corrected chi connectivity index (χ0v) is 12.2. The van der Waals surface area contributed by atoms with E-state index in [-0.39, 0.29) is 0 Å². The Morgan fingerprint density at radius 1 is 1.41 bits per heavy atom. The zero-order chi connectivity index (χ0) is 13.0. The van der Waals surface area contributed by atoms with E-state index in [1.807, 2.05) is 25.2 Å².